The molecule has 0 aromatic carbocycles. The maximum atomic E-state index is 10.0. The molecule has 0 heterocycles. The smallest absolute Gasteiger partial charge is 0.326 e. The monoisotopic (exact) mass is 170 g/mol. The van der Waals surface area contributed by atoms with E-state index < -0.39 is 27.9 Å². The number of hydrogen-bond acceptors (Lipinski definition) is 4. The van der Waals surface area contributed by atoms with Crippen LogP contribution in [-0.2, 0) is 14.9 Å². The minimum Gasteiger partial charge on any atom is -0.480 e. The molecule has 10 heavy (non-hydrogen) atoms. The number of carboxylic acids is 1. The van der Waals surface area contributed by atoms with Crippen LogP contribution in [0.2, 0.25) is 0 Å². The van der Waals surface area contributed by atoms with Gasteiger partial charge >= 0.3 is 5.97 Å². The zero-order chi connectivity index (χ0) is 8.36. The van der Waals surface area contributed by atoms with Crippen LogP contribution in [0.25, 0.3) is 0 Å². The van der Waals surface area contributed by atoms with E-state index in [4.69, 9.17) is 14.8 Å². The van der Waals surface area contributed by atoms with Gasteiger partial charge in [0, 0.05) is 0 Å². The fraction of sp³-hybridized carbons (Fsp3) is 0.667. The van der Waals surface area contributed by atoms with Crippen molar-refractivity contribution in [2.75, 3.05) is 6.61 Å². The van der Waals surface area contributed by atoms with Crippen molar-refractivity contribution in [1.82, 2.24) is 0 Å². The quantitative estimate of drug-likeness (QED) is 0.436. The van der Waals surface area contributed by atoms with Gasteiger partial charge in [0.15, 0.2) is 0 Å². The summed E-state index contributed by atoms with van der Waals surface area (Å²) in [5, 5.41) is 14.0. The maximum absolute atomic E-state index is 10.0. The molecule has 0 aliphatic rings. The van der Waals surface area contributed by atoms with Crippen LogP contribution in [0, 0.1) is 0 Å². The molecule has 1 unspecified atom stereocenters. The summed E-state index contributed by atoms with van der Waals surface area (Å²) >= 11 is 0. The van der Waals surface area contributed by atoms with Gasteiger partial charge in [-0.3, -0.25) is 9.35 Å². The summed E-state index contributed by atoms with van der Waals surface area (Å²) in [6.45, 7) is -1.13. The molecule has 0 saturated carbocycles. The van der Waals surface area contributed by atoms with Crippen molar-refractivity contribution < 1.29 is 28.0 Å². The molecule has 0 amide bonds. The van der Waals surface area contributed by atoms with Crippen LogP contribution in [-0.4, -0.2) is 41.0 Å². The minimum absolute atomic E-state index is 1.13. The lowest BCUT2D eigenvalue weighted by molar-refractivity contribution is -0.137. The fourth-order valence-electron chi connectivity index (χ4n) is 0.300. The molecule has 1 atom stereocenters. The largest absolute Gasteiger partial charge is 0.480 e. The average molecular weight is 170 g/mol. The van der Waals surface area contributed by atoms with Crippen molar-refractivity contribution in [3.05, 3.63) is 0 Å². The van der Waals surface area contributed by atoms with E-state index in [-0.39, 0.29) is 0 Å². The number of carbonyl (C=O) groups is 1. The third-order valence-electron chi connectivity index (χ3n) is 0.801. The second-order valence-electron chi connectivity index (χ2n) is 1.52. The Kier molecular flexibility index (Phi) is 2.76. The summed E-state index contributed by atoms with van der Waals surface area (Å²) in [4.78, 5) is 9.88. The van der Waals surface area contributed by atoms with E-state index in [0.29, 0.717) is 0 Å². The van der Waals surface area contributed by atoms with Gasteiger partial charge in [0.25, 0.3) is 10.1 Å². The van der Waals surface area contributed by atoms with Crippen LogP contribution in [0.5, 0.6) is 0 Å². The van der Waals surface area contributed by atoms with Gasteiger partial charge < -0.3 is 10.2 Å². The zero-order valence-corrected chi connectivity index (χ0v) is 5.58. The number of aliphatic hydroxyl groups excluding tert-OH is 1. The Labute approximate surface area is 56.8 Å². The van der Waals surface area contributed by atoms with Crippen LogP contribution < -0.4 is 0 Å². The molecule has 7 heteroatoms. The van der Waals surface area contributed by atoms with E-state index in [1.165, 1.54) is 0 Å². The lowest BCUT2D eigenvalue weighted by Gasteiger charge is -2.02. The summed E-state index contributed by atoms with van der Waals surface area (Å²) in [6, 6.07) is 0. The highest BCUT2D eigenvalue weighted by Gasteiger charge is 2.29. The molecular formula is C3H6O6S. The minimum atomic E-state index is -4.66. The molecule has 0 aromatic heterocycles. The van der Waals surface area contributed by atoms with Gasteiger partial charge in [0.05, 0.1) is 6.61 Å². The Morgan fingerprint density at radius 3 is 1.90 bits per heavy atom. The van der Waals surface area contributed by atoms with Gasteiger partial charge in [-0.05, 0) is 0 Å². The maximum Gasteiger partial charge on any atom is 0.326 e. The molecule has 0 aliphatic heterocycles. The van der Waals surface area contributed by atoms with Gasteiger partial charge in [0.1, 0.15) is 0 Å². The Morgan fingerprint density at radius 2 is 1.90 bits per heavy atom. The van der Waals surface area contributed by atoms with Gasteiger partial charge in [-0.2, -0.15) is 8.42 Å². The Bertz CT molecular complexity index is 215. The second-order valence-corrected chi connectivity index (χ2v) is 3.12. The summed E-state index contributed by atoms with van der Waals surface area (Å²) in [5.41, 5.74) is 0. The molecule has 0 aromatic rings. The molecule has 0 bridgehead atoms. The van der Waals surface area contributed by atoms with Crippen LogP contribution in [0.15, 0.2) is 0 Å². The SMILES string of the molecule is O=C(O)C(CO)S(=O)(=O)O. The van der Waals surface area contributed by atoms with E-state index in [1.807, 2.05) is 0 Å². The molecule has 0 rings (SSSR count). The molecule has 60 valence electrons. The highest BCUT2D eigenvalue weighted by atomic mass is 32.2. The van der Waals surface area contributed by atoms with Crippen molar-refractivity contribution in [2.45, 2.75) is 5.25 Å². The third kappa shape index (κ3) is 2.29. The molecule has 0 fully saturated rings. The van der Waals surface area contributed by atoms with Crippen LogP contribution >= 0.6 is 0 Å². The highest BCUT2D eigenvalue weighted by Crippen LogP contribution is 1.96. The van der Waals surface area contributed by atoms with Crippen molar-refractivity contribution in [3.63, 3.8) is 0 Å². The third-order valence-corrected chi connectivity index (χ3v) is 1.87. The number of hydrogen-bond donors (Lipinski definition) is 3. The molecular weight excluding hydrogens is 164 g/mol. The normalized spacial score (nSPS) is 14.6. The second kappa shape index (κ2) is 2.95. The van der Waals surface area contributed by atoms with Gasteiger partial charge in [-0.1, -0.05) is 0 Å². The van der Waals surface area contributed by atoms with Gasteiger partial charge in [0.2, 0.25) is 5.25 Å². The van der Waals surface area contributed by atoms with Gasteiger partial charge in [-0.15, -0.1) is 0 Å². The predicted octanol–water partition coefficient (Wildman–Crippen LogP) is -1.68. The number of rotatable bonds is 3. The van der Waals surface area contributed by atoms with E-state index in [0.717, 1.165) is 0 Å². The van der Waals surface area contributed by atoms with E-state index in [2.05, 4.69) is 0 Å². The van der Waals surface area contributed by atoms with Crippen molar-refractivity contribution in [3.8, 4) is 0 Å². The zero-order valence-electron chi connectivity index (χ0n) is 4.76. The molecule has 0 aliphatic carbocycles. The van der Waals surface area contributed by atoms with E-state index in [9.17, 15) is 13.2 Å². The first-order valence-electron chi connectivity index (χ1n) is 2.19. The standard InChI is InChI=1S/C3H6O6S/c4-1-2(3(5)6)10(7,8)9/h2,4H,1H2,(H,5,6)(H,7,8,9). The fourth-order valence-corrected chi connectivity index (χ4v) is 0.743. The lowest BCUT2D eigenvalue weighted by Crippen LogP contribution is -2.32. The predicted molar refractivity (Wildman–Crippen MR) is 30.1 cm³/mol. The average Bonchev–Trinajstić information content (AvgIpc) is 1.60. The van der Waals surface area contributed by atoms with E-state index in [1.54, 1.807) is 0 Å². The lowest BCUT2D eigenvalue weighted by atomic mass is 10.5. The van der Waals surface area contributed by atoms with E-state index >= 15 is 0 Å². The van der Waals surface area contributed by atoms with Crippen LogP contribution in [0.3, 0.4) is 0 Å². The summed E-state index contributed by atoms with van der Waals surface area (Å²) in [7, 11) is -4.66. The molecule has 0 saturated heterocycles. The first kappa shape index (κ1) is 9.34. The van der Waals surface area contributed by atoms with Crippen LogP contribution in [0.4, 0.5) is 0 Å². The van der Waals surface area contributed by atoms with Crippen molar-refractivity contribution >= 4 is 16.1 Å². The number of carboxylic acid groups (broad SMARTS) is 1. The Hall–Kier alpha value is -0.660. The topological polar surface area (TPSA) is 112 Å². The molecule has 3 N–H and O–H groups in total. The van der Waals surface area contributed by atoms with Crippen LogP contribution in [0.1, 0.15) is 0 Å². The summed E-state index contributed by atoms with van der Waals surface area (Å²) < 4.78 is 28.1. The molecule has 0 spiro atoms. The van der Waals surface area contributed by atoms with Crippen molar-refractivity contribution in [2.24, 2.45) is 0 Å². The first-order valence-corrected chi connectivity index (χ1v) is 3.70. The Balaban J connectivity index is 4.55. The molecule has 6 nitrogen and oxygen atoms in total. The van der Waals surface area contributed by atoms with Crippen molar-refractivity contribution in [1.29, 1.82) is 0 Å². The Morgan fingerprint density at radius 1 is 1.50 bits per heavy atom. The first-order chi connectivity index (χ1) is 4.39. The number of aliphatic carboxylic acids is 1. The number of aliphatic hydroxyl groups is 1. The summed E-state index contributed by atoms with van der Waals surface area (Å²) in [5.74, 6) is -1.77. The van der Waals surface area contributed by atoms with Gasteiger partial charge in [-0.25, -0.2) is 0 Å². The summed E-state index contributed by atoms with van der Waals surface area (Å²) in [6.07, 6.45) is 0. The highest BCUT2D eigenvalue weighted by molar-refractivity contribution is 7.87. The molecule has 0 radical (unpaired) electrons.